The average molecular weight is 428 g/mol. The third-order valence-corrected chi connectivity index (χ3v) is 6.23. The molecule has 0 spiro atoms. The zero-order valence-electron chi connectivity index (χ0n) is 18.3. The molecule has 0 unspecified atom stereocenters. The van der Waals surface area contributed by atoms with Crippen LogP contribution in [0.1, 0.15) is 48.1 Å². The summed E-state index contributed by atoms with van der Waals surface area (Å²) < 4.78 is 9.09. The van der Waals surface area contributed by atoms with E-state index < -0.39 is 0 Å². The lowest BCUT2D eigenvalue weighted by Crippen LogP contribution is -2.28. The lowest BCUT2D eigenvalue weighted by Gasteiger charge is -2.18. The summed E-state index contributed by atoms with van der Waals surface area (Å²) in [4.78, 5) is 30.8. The Morgan fingerprint density at radius 2 is 2.00 bits per heavy atom. The average Bonchev–Trinajstić information content (AvgIpc) is 3.01. The normalized spacial score (nSPS) is 12.4. The number of ether oxygens (including phenoxy) is 1. The van der Waals surface area contributed by atoms with Crippen molar-refractivity contribution >= 4 is 28.4 Å². The fraction of sp³-hybridized carbons (Fsp3) is 0.435. The molecule has 3 aromatic rings. The van der Waals surface area contributed by atoms with Gasteiger partial charge in [0.15, 0.2) is 10.9 Å². The molecule has 1 aromatic carbocycles. The van der Waals surface area contributed by atoms with Crippen molar-refractivity contribution in [2.75, 3.05) is 19.5 Å². The Balaban J connectivity index is 1.93. The van der Waals surface area contributed by atoms with Crippen molar-refractivity contribution in [1.82, 2.24) is 14.1 Å². The molecular formula is C23H29N3O3S. The van der Waals surface area contributed by atoms with Gasteiger partial charge in [0.2, 0.25) is 0 Å². The second-order valence-electron chi connectivity index (χ2n) is 7.54. The van der Waals surface area contributed by atoms with Crippen LogP contribution in [0.3, 0.4) is 0 Å². The summed E-state index contributed by atoms with van der Waals surface area (Å²) in [7, 11) is 1.61. The maximum Gasteiger partial charge on any atom is 0.262 e. The summed E-state index contributed by atoms with van der Waals surface area (Å²) in [5, 5.41) is 1.11. The van der Waals surface area contributed by atoms with Crippen LogP contribution in [0.15, 0.2) is 40.3 Å². The predicted molar refractivity (Wildman–Crippen MR) is 122 cm³/mol. The molecular weight excluding hydrogens is 398 g/mol. The van der Waals surface area contributed by atoms with E-state index in [0.29, 0.717) is 22.7 Å². The number of hydrogen-bond donors (Lipinski definition) is 0. The van der Waals surface area contributed by atoms with E-state index in [0.717, 1.165) is 29.9 Å². The van der Waals surface area contributed by atoms with Crippen molar-refractivity contribution in [2.45, 2.75) is 51.9 Å². The van der Waals surface area contributed by atoms with Crippen LogP contribution in [0.25, 0.3) is 10.9 Å². The van der Waals surface area contributed by atoms with E-state index in [2.05, 4.69) is 11.5 Å². The molecule has 0 aliphatic rings. The van der Waals surface area contributed by atoms with Crippen LogP contribution in [0.2, 0.25) is 0 Å². The van der Waals surface area contributed by atoms with Gasteiger partial charge < -0.3 is 9.30 Å². The highest BCUT2D eigenvalue weighted by molar-refractivity contribution is 7.99. The van der Waals surface area contributed by atoms with E-state index in [4.69, 9.17) is 9.72 Å². The van der Waals surface area contributed by atoms with E-state index in [1.54, 1.807) is 17.7 Å². The van der Waals surface area contributed by atoms with Gasteiger partial charge in [0.25, 0.3) is 5.56 Å². The first-order chi connectivity index (χ1) is 14.4. The molecule has 3 rings (SSSR count). The van der Waals surface area contributed by atoms with Crippen LogP contribution >= 0.6 is 11.8 Å². The Bertz CT molecular complexity index is 1120. The monoisotopic (exact) mass is 427 g/mol. The van der Waals surface area contributed by atoms with Gasteiger partial charge in [-0.3, -0.25) is 14.2 Å². The lowest BCUT2D eigenvalue weighted by molar-refractivity contribution is 0.102. The maximum atomic E-state index is 13.1. The van der Waals surface area contributed by atoms with Gasteiger partial charge in [-0.05, 0) is 45.4 Å². The summed E-state index contributed by atoms with van der Waals surface area (Å²) in [5.74, 6) is 0.268. The Kier molecular flexibility index (Phi) is 7.15. The SMILES string of the molecule is CCCn1c(C)cc(C(=O)CSc2nc3ccccc3c(=O)n2[C@@H](C)COC)c1C. The van der Waals surface area contributed by atoms with Crippen molar-refractivity contribution in [1.29, 1.82) is 0 Å². The summed E-state index contributed by atoms with van der Waals surface area (Å²) in [5.41, 5.74) is 3.36. The Hall–Kier alpha value is -2.38. The largest absolute Gasteiger partial charge is 0.383 e. The predicted octanol–water partition coefficient (Wildman–Crippen LogP) is 4.41. The highest BCUT2D eigenvalue weighted by atomic mass is 32.2. The summed E-state index contributed by atoms with van der Waals surface area (Å²) >= 11 is 1.31. The zero-order chi connectivity index (χ0) is 21.8. The molecule has 30 heavy (non-hydrogen) atoms. The number of para-hydroxylation sites is 1. The number of thioether (sulfide) groups is 1. The van der Waals surface area contributed by atoms with Crippen LogP contribution in [0.5, 0.6) is 0 Å². The van der Waals surface area contributed by atoms with E-state index in [9.17, 15) is 9.59 Å². The Labute approximate surface area is 181 Å². The van der Waals surface area contributed by atoms with Gasteiger partial charge in [-0.15, -0.1) is 0 Å². The van der Waals surface area contributed by atoms with Crippen molar-refractivity contribution < 1.29 is 9.53 Å². The number of rotatable bonds is 9. The number of nitrogens with zero attached hydrogens (tertiary/aromatic N) is 3. The van der Waals surface area contributed by atoms with Gasteiger partial charge in [0, 0.05) is 30.6 Å². The highest BCUT2D eigenvalue weighted by Gasteiger charge is 2.20. The number of hydrogen-bond acceptors (Lipinski definition) is 5. The molecule has 0 bridgehead atoms. The van der Waals surface area contributed by atoms with Crippen LogP contribution in [-0.4, -0.2) is 39.4 Å². The van der Waals surface area contributed by atoms with Gasteiger partial charge in [-0.25, -0.2) is 4.98 Å². The maximum absolute atomic E-state index is 13.1. The van der Waals surface area contributed by atoms with Crippen molar-refractivity contribution in [3.63, 3.8) is 0 Å². The van der Waals surface area contributed by atoms with Gasteiger partial charge >= 0.3 is 0 Å². The lowest BCUT2D eigenvalue weighted by atomic mass is 10.2. The van der Waals surface area contributed by atoms with Gasteiger partial charge in [0.1, 0.15) is 0 Å². The topological polar surface area (TPSA) is 66.1 Å². The molecule has 0 aliphatic heterocycles. The second kappa shape index (κ2) is 9.62. The minimum Gasteiger partial charge on any atom is -0.383 e. The fourth-order valence-electron chi connectivity index (χ4n) is 3.79. The Morgan fingerprint density at radius 1 is 1.27 bits per heavy atom. The number of carbonyl (C=O) groups is 1. The van der Waals surface area contributed by atoms with Crippen molar-refractivity contribution in [2.24, 2.45) is 0 Å². The van der Waals surface area contributed by atoms with Crippen molar-refractivity contribution in [3.8, 4) is 0 Å². The van der Waals surface area contributed by atoms with E-state index in [1.807, 2.05) is 45.0 Å². The molecule has 0 fully saturated rings. The number of aryl methyl sites for hydroxylation is 1. The van der Waals surface area contributed by atoms with Crippen LogP contribution in [-0.2, 0) is 11.3 Å². The fourth-order valence-corrected chi connectivity index (χ4v) is 4.77. The van der Waals surface area contributed by atoms with E-state index >= 15 is 0 Å². The van der Waals surface area contributed by atoms with Gasteiger partial charge in [0.05, 0.1) is 29.3 Å². The van der Waals surface area contributed by atoms with Crippen LogP contribution in [0, 0.1) is 13.8 Å². The molecule has 0 radical (unpaired) electrons. The first-order valence-electron chi connectivity index (χ1n) is 10.2. The van der Waals surface area contributed by atoms with Gasteiger partial charge in [-0.2, -0.15) is 0 Å². The summed E-state index contributed by atoms with van der Waals surface area (Å²) in [6, 6.07) is 9.07. The van der Waals surface area contributed by atoms with Crippen LogP contribution < -0.4 is 5.56 Å². The highest BCUT2D eigenvalue weighted by Crippen LogP contribution is 2.24. The number of aromatic nitrogens is 3. The molecule has 0 saturated heterocycles. The smallest absolute Gasteiger partial charge is 0.262 e. The number of benzene rings is 1. The molecule has 6 nitrogen and oxygen atoms in total. The molecule has 0 amide bonds. The first-order valence-corrected chi connectivity index (χ1v) is 11.2. The van der Waals surface area contributed by atoms with E-state index in [1.165, 1.54) is 11.8 Å². The molecule has 2 aromatic heterocycles. The molecule has 160 valence electrons. The van der Waals surface area contributed by atoms with Gasteiger partial charge in [-0.1, -0.05) is 30.8 Å². The quantitative estimate of drug-likeness (QED) is 0.288. The third kappa shape index (κ3) is 4.37. The molecule has 2 heterocycles. The standard InChI is InChI=1S/C23H29N3O3S/c1-6-11-25-15(2)12-19(17(25)4)21(27)14-30-23-24-20-10-8-7-9-18(20)22(28)26(23)16(3)13-29-5/h7-10,12,16H,6,11,13-14H2,1-5H3/t16-/m0/s1. The molecule has 1 atom stereocenters. The molecule has 7 heteroatoms. The third-order valence-electron chi connectivity index (χ3n) is 5.28. The molecule has 0 N–H and O–H groups in total. The molecule has 0 aliphatic carbocycles. The number of fused-ring (bicyclic) bond motifs is 1. The van der Waals surface area contributed by atoms with Crippen LogP contribution in [0.4, 0.5) is 0 Å². The Morgan fingerprint density at radius 3 is 2.70 bits per heavy atom. The minimum atomic E-state index is -0.188. The number of methoxy groups -OCH3 is 1. The number of ketones is 1. The van der Waals surface area contributed by atoms with Crippen molar-refractivity contribution in [3.05, 3.63) is 57.6 Å². The summed E-state index contributed by atoms with van der Waals surface area (Å²) in [6.45, 7) is 9.36. The van der Waals surface area contributed by atoms with E-state index in [-0.39, 0.29) is 23.1 Å². The molecule has 0 saturated carbocycles. The first kappa shape index (κ1) is 22.3. The minimum absolute atomic E-state index is 0.0452. The number of carbonyl (C=O) groups excluding carboxylic acids is 1. The zero-order valence-corrected chi connectivity index (χ0v) is 19.1. The summed E-state index contributed by atoms with van der Waals surface area (Å²) in [6.07, 6.45) is 1.02. The second-order valence-corrected chi connectivity index (χ2v) is 8.48. The number of Topliss-reactive ketones (excluding diaryl/α,β-unsaturated/α-hetero) is 1.